The molecule has 2 saturated heterocycles. The predicted molar refractivity (Wildman–Crippen MR) is 121 cm³/mol. The molecule has 2 aliphatic rings. The van der Waals surface area contributed by atoms with Crippen molar-refractivity contribution in [2.24, 2.45) is 4.99 Å². The van der Waals surface area contributed by atoms with Crippen molar-refractivity contribution in [3.8, 4) is 5.75 Å². The topological polar surface area (TPSA) is 60.4 Å². The van der Waals surface area contributed by atoms with E-state index in [-0.39, 0.29) is 5.91 Å². The van der Waals surface area contributed by atoms with E-state index in [0.717, 1.165) is 89.8 Å². The SMILES string of the molecule is CCCOc1cccc(CCNC(=NC)N2CCN(CC(=O)N3CCCC3)CC2)c1. The highest BCUT2D eigenvalue weighted by Gasteiger charge is 2.24. The summed E-state index contributed by atoms with van der Waals surface area (Å²) in [4.78, 5) is 23.4. The fourth-order valence-electron chi connectivity index (χ4n) is 4.04. The zero-order valence-electron chi connectivity index (χ0n) is 18.6. The summed E-state index contributed by atoms with van der Waals surface area (Å²) in [6.45, 7) is 9.71. The van der Waals surface area contributed by atoms with Gasteiger partial charge in [0.05, 0.1) is 13.2 Å². The number of benzene rings is 1. The summed E-state index contributed by atoms with van der Waals surface area (Å²) >= 11 is 0. The maximum Gasteiger partial charge on any atom is 0.236 e. The van der Waals surface area contributed by atoms with Crippen LogP contribution >= 0.6 is 0 Å². The molecule has 0 radical (unpaired) electrons. The number of carbonyl (C=O) groups is 1. The summed E-state index contributed by atoms with van der Waals surface area (Å²) < 4.78 is 5.73. The molecule has 3 rings (SSSR count). The maximum absolute atomic E-state index is 12.4. The lowest BCUT2D eigenvalue weighted by Gasteiger charge is -2.36. The molecular weight excluding hydrogens is 378 g/mol. The minimum absolute atomic E-state index is 0.286. The van der Waals surface area contributed by atoms with Gasteiger partial charge in [-0.15, -0.1) is 0 Å². The van der Waals surface area contributed by atoms with E-state index in [1.807, 2.05) is 18.0 Å². The Bertz CT molecular complexity index is 695. The van der Waals surface area contributed by atoms with Crippen LogP contribution in [0, 0.1) is 0 Å². The van der Waals surface area contributed by atoms with Crippen LogP contribution < -0.4 is 10.1 Å². The normalized spacial score (nSPS) is 18.0. The van der Waals surface area contributed by atoms with Crippen molar-refractivity contribution in [3.63, 3.8) is 0 Å². The Labute approximate surface area is 181 Å². The third-order valence-corrected chi connectivity index (χ3v) is 5.77. The number of nitrogens with one attached hydrogen (secondary N) is 1. The summed E-state index contributed by atoms with van der Waals surface area (Å²) in [5.74, 6) is 2.17. The van der Waals surface area contributed by atoms with Gasteiger partial charge >= 0.3 is 0 Å². The summed E-state index contributed by atoms with van der Waals surface area (Å²) in [6.07, 6.45) is 4.24. The first kappa shape index (κ1) is 22.4. The number of likely N-dealkylation sites (tertiary alicyclic amines) is 1. The van der Waals surface area contributed by atoms with Gasteiger partial charge in [0.25, 0.3) is 0 Å². The Morgan fingerprint density at radius 1 is 1.10 bits per heavy atom. The van der Waals surface area contributed by atoms with Gasteiger partial charge in [-0.2, -0.15) is 0 Å². The lowest BCUT2D eigenvalue weighted by molar-refractivity contribution is -0.131. The zero-order chi connectivity index (χ0) is 21.2. The lowest BCUT2D eigenvalue weighted by atomic mass is 10.1. The first-order valence-corrected chi connectivity index (χ1v) is 11.4. The van der Waals surface area contributed by atoms with Crippen molar-refractivity contribution in [1.29, 1.82) is 0 Å². The van der Waals surface area contributed by atoms with E-state index in [1.54, 1.807) is 0 Å². The largest absolute Gasteiger partial charge is 0.494 e. The number of hydrogen-bond acceptors (Lipinski definition) is 4. The molecule has 0 spiro atoms. The number of carbonyl (C=O) groups excluding carboxylic acids is 1. The van der Waals surface area contributed by atoms with Crippen molar-refractivity contribution in [2.75, 3.05) is 66.0 Å². The predicted octanol–water partition coefficient (Wildman–Crippen LogP) is 1.83. The molecule has 1 amide bonds. The van der Waals surface area contributed by atoms with Gasteiger partial charge in [0.15, 0.2) is 5.96 Å². The molecule has 0 aliphatic carbocycles. The van der Waals surface area contributed by atoms with Gasteiger partial charge in [0, 0.05) is 52.9 Å². The molecular formula is C23H37N5O2. The maximum atomic E-state index is 12.4. The van der Waals surface area contributed by atoms with E-state index in [2.05, 4.69) is 45.2 Å². The lowest BCUT2D eigenvalue weighted by Crippen LogP contribution is -2.54. The van der Waals surface area contributed by atoms with E-state index >= 15 is 0 Å². The molecule has 0 bridgehead atoms. The molecule has 7 nitrogen and oxygen atoms in total. The third kappa shape index (κ3) is 6.62. The molecule has 1 N–H and O–H groups in total. The minimum atomic E-state index is 0.286. The molecule has 0 saturated carbocycles. The summed E-state index contributed by atoms with van der Waals surface area (Å²) in [7, 11) is 1.84. The molecule has 0 atom stereocenters. The van der Waals surface area contributed by atoms with Gasteiger partial charge in [0.2, 0.25) is 5.91 Å². The Morgan fingerprint density at radius 2 is 1.87 bits per heavy atom. The van der Waals surface area contributed by atoms with Gasteiger partial charge in [0.1, 0.15) is 5.75 Å². The highest BCUT2D eigenvalue weighted by atomic mass is 16.5. The van der Waals surface area contributed by atoms with Crippen LogP contribution in [0.15, 0.2) is 29.3 Å². The highest BCUT2D eigenvalue weighted by molar-refractivity contribution is 5.80. The Kier molecular flexibility index (Phi) is 8.81. The van der Waals surface area contributed by atoms with Crippen molar-refractivity contribution in [3.05, 3.63) is 29.8 Å². The van der Waals surface area contributed by atoms with Gasteiger partial charge in [-0.3, -0.25) is 14.7 Å². The van der Waals surface area contributed by atoms with Gasteiger partial charge in [-0.25, -0.2) is 0 Å². The van der Waals surface area contributed by atoms with Crippen LogP contribution in [0.4, 0.5) is 0 Å². The Morgan fingerprint density at radius 3 is 2.57 bits per heavy atom. The monoisotopic (exact) mass is 415 g/mol. The van der Waals surface area contributed by atoms with Crippen LogP contribution in [0.1, 0.15) is 31.7 Å². The minimum Gasteiger partial charge on any atom is -0.494 e. The van der Waals surface area contributed by atoms with Gasteiger partial charge in [-0.05, 0) is 43.4 Å². The molecule has 2 heterocycles. The van der Waals surface area contributed by atoms with Crippen LogP contribution in [0.25, 0.3) is 0 Å². The number of hydrogen-bond donors (Lipinski definition) is 1. The van der Waals surface area contributed by atoms with Crippen molar-refractivity contribution in [1.82, 2.24) is 20.0 Å². The molecule has 30 heavy (non-hydrogen) atoms. The van der Waals surface area contributed by atoms with Gasteiger partial charge in [-0.1, -0.05) is 19.1 Å². The molecule has 0 unspecified atom stereocenters. The second-order valence-electron chi connectivity index (χ2n) is 8.07. The molecule has 1 aromatic carbocycles. The van der Waals surface area contributed by atoms with Crippen LogP contribution in [-0.2, 0) is 11.2 Å². The number of nitrogens with zero attached hydrogens (tertiary/aromatic N) is 4. The number of aliphatic imine (C=N–C) groups is 1. The second-order valence-corrected chi connectivity index (χ2v) is 8.07. The molecule has 2 aliphatic heterocycles. The van der Waals surface area contributed by atoms with Crippen molar-refractivity contribution in [2.45, 2.75) is 32.6 Å². The van der Waals surface area contributed by atoms with Crippen LogP contribution in [0.2, 0.25) is 0 Å². The Hall–Kier alpha value is -2.28. The van der Waals surface area contributed by atoms with Gasteiger partial charge < -0.3 is 19.9 Å². The number of guanidine groups is 1. The number of ether oxygens (including phenoxy) is 1. The van der Waals surface area contributed by atoms with E-state index in [0.29, 0.717) is 6.54 Å². The quantitative estimate of drug-likeness (QED) is 0.519. The number of amides is 1. The molecule has 1 aromatic rings. The fraction of sp³-hybridized carbons (Fsp3) is 0.652. The molecule has 7 heteroatoms. The zero-order valence-corrected chi connectivity index (χ0v) is 18.6. The standard InChI is InChI=1S/C23H37N5O2/c1-3-17-30-21-8-6-7-20(18-21)9-10-25-23(24-2)28-15-13-26(14-16-28)19-22(29)27-11-4-5-12-27/h6-8,18H,3-5,9-17,19H2,1-2H3,(H,24,25). The molecule has 0 aromatic heterocycles. The number of piperazine rings is 1. The first-order chi connectivity index (χ1) is 14.7. The van der Waals surface area contributed by atoms with Crippen LogP contribution in [-0.4, -0.2) is 92.6 Å². The highest BCUT2D eigenvalue weighted by Crippen LogP contribution is 2.14. The van der Waals surface area contributed by atoms with Crippen LogP contribution in [0.5, 0.6) is 5.75 Å². The summed E-state index contributed by atoms with van der Waals surface area (Å²) in [5.41, 5.74) is 1.26. The molecule has 166 valence electrons. The fourth-order valence-corrected chi connectivity index (χ4v) is 4.04. The third-order valence-electron chi connectivity index (χ3n) is 5.77. The second kappa shape index (κ2) is 11.8. The van der Waals surface area contributed by atoms with E-state index in [4.69, 9.17) is 4.74 Å². The van der Waals surface area contributed by atoms with E-state index in [9.17, 15) is 4.79 Å². The Balaban J connectivity index is 1.39. The first-order valence-electron chi connectivity index (χ1n) is 11.4. The summed E-state index contributed by atoms with van der Waals surface area (Å²) in [6, 6.07) is 8.33. The summed E-state index contributed by atoms with van der Waals surface area (Å²) in [5, 5.41) is 3.49. The number of rotatable bonds is 8. The average molecular weight is 416 g/mol. The average Bonchev–Trinajstić information content (AvgIpc) is 3.32. The van der Waals surface area contributed by atoms with Crippen molar-refractivity contribution < 1.29 is 9.53 Å². The van der Waals surface area contributed by atoms with Crippen LogP contribution in [0.3, 0.4) is 0 Å². The van der Waals surface area contributed by atoms with Crippen molar-refractivity contribution >= 4 is 11.9 Å². The molecule has 2 fully saturated rings. The van der Waals surface area contributed by atoms with E-state index in [1.165, 1.54) is 5.56 Å². The van der Waals surface area contributed by atoms with E-state index < -0.39 is 0 Å². The smallest absolute Gasteiger partial charge is 0.236 e.